The van der Waals surface area contributed by atoms with E-state index in [4.69, 9.17) is 5.11 Å². The molecule has 1 heterocycles. The molecule has 0 aliphatic rings. The molecule has 0 unspecified atom stereocenters. The van der Waals surface area contributed by atoms with Gasteiger partial charge < -0.3 is 5.11 Å². The van der Waals surface area contributed by atoms with E-state index in [9.17, 15) is 13.2 Å². The summed E-state index contributed by atoms with van der Waals surface area (Å²) < 4.78 is 27.9. The molecule has 1 aromatic heterocycles. The lowest BCUT2D eigenvalue weighted by atomic mass is 10.3. The van der Waals surface area contributed by atoms with E-state index in [1.54, 1.807) is 27.7 Å². The molecule has 0 aliphatic carbocycles. The Labute approximate surface area is 124 Å². The van der Waals surface area contributed by atoms with Crippen molar-refractivity contribution in [1.82, 2.24) is 14.1 Å². The van der Waals surface area contributed by atoms with Gasteiger partial charge in [-0.1, -0.05) is 19.1 Å². The van der Waals surface area contributed by atoms with E-state index in [0.717, 1.165) is 5.57 Å². The summed E-state index contributed by atoms with van der Waals surface area (Å²) in [5, 5.41) is 12.9. The van der Waals surface area contributed by atoms with Crippen molar-refractivity contribution in [3.05, 3.63) is 23.5 Å². The Morgan fingerprint density at radius 3 is 2.43 bits per heavy atom. The van der Waals surface area contributed by atoms with Crippen molar-refractivity contribution < 1.29 is 18.3 Å². The molecule has 0 amide bonds. The fourth-order valence-electron chi connectivity index (χ4n) is 2.13. The number of carboxylic acid groups (broad SMARTS) is 1. The molecule has 1 N–H and O–H groups in total. The molecule has 0 saturated carbocycles. The minimum atomic E-state index is -3.73. The molecule has 8 heteroatoms. The van der Waals surface area contributed by atoms with Crippen molar-refractivity contribution >= 4 is 16.0 Å². The van der Waals surface area contributed by atoms with Crippen LogP contribution in [-0.4, -0.2) is 46.7 Å². The molecule has 0 aliphatic heterocycles. The summed E-state index contributed by atoms with van der Waals surface area (Å²) >= 11 is 0. The number of rotatable bonds is 7. The third-order valence-corrected chi connectivity index (χ3v) is 5.17. The maximum Gasteiger partial charge on any atom is 0.325 e. The molecule has 0 fully saturated rings. The van der Waals surface area contributed by atoms with Gasteiger partial charge in [0.15, 0.2) is 0 Å². The van der Waals surface area contributed by atoms with Crippen LogP contribution in [0.15, 0.2) is 17.0 Å². The average Bonchev–Trinajstić information content (AvgIpc) is 2.60. The molecule has 0 saturated heterocycles. The number of hydrogen-bond donors (Lipinski definition) is 1. The summed E-state index contributed by atoms with van der Waals surface area (Å²) in [5.41, 5.74) is 1.36. The number of likely N-dealkylation sites (N-methyl/N-ethyl adjacent to an activating group) is 1. The van der Waals surface area contributed by atoms with Gasteiger partial charge in [-0.3, -0.25) is 9.48 Å². The van der Waals surface area contributed by atoms with Crippen LogP contribution in [0.25, 0.3) is 0 Å². The van der Waals surface area contributed by atoms with Gasteiger partial charge in [0, 0.05) is 13.1 Å². The van der Waals surface area contributed by atoms with Crippen LogP contribution < -0.4 is 0 Å². The van der Waals surface area contributed by atoms with Crippen molar-refractivity contribution in [2.24, 2.45) is 0 Å². The molecule has 118 valence electrons. The first-order valence-corrected chi connectivity index (χ1v) is 7.95. The smallest absolute Gasteiger partial charge is 0.325 e. The van der Waals surface area contributed by atoms with E-state index < -0.39 is 16.0 Å². The monoisotopic (exact) mass is 315 g/mol. The Morgan fingerprint density at radius 1 is 1.43 bits per heavy atom. The molecule has 0 atom stereocenters. The highest BCUT2D eigenvalue weighted by atomic mass is 32.2. The second kappa shape index (κ2) is 6.40. The van der Waals surface area contributed by atoms with Gasteiger partial charge in [0.25, 0.3) is 0 Å². The highest BCUT2D eigenvalue weighted by Crippen LogP contribution is 2.24. The number of aromatic nitrogens is 2. The van der Waals surface area contributed by atoms with Crippen LogP contribution >= 0.6 is 0 Å². The maximum atomic E-state index is 12.7. The van der Waals surface area contributed by atoms with Gasteiger partial charge in [-0.2, -0.15) is 9.40 Å². The largest absolute Gasteiger partial charge is 0.480 e. The summed E-state index contributed by atoms with van der Waals surface area (Å²) in [6.45, 7) is 10.5. The summed E-state index contributed by atoms with van der Waals surface area (Å²) in [6, 6.07) is 0. The van der Waals surface area contributed by atoms with Crippen LogP contribution in [0, 0.1) is 13.8 Å². The van der Waals surface area contributed by atoms with Crippen molar-refractivity contribution in [3.63, 3.8) is 0 Å². The van der Waals surface area contributed by atoms with Gasteiger partial charge in [0.2, 0.25) is 10.0 Å². The van der Waals surface area contributed by atoms with Crippen molar-refractivity contribution in [1.29, 1.82) is 0 Å². The van der Waals surface area contributed by atoms with Gasteiger partial charge >= 0.3 is 5.97 Å². The number of sulfonamides is 1. The third kappa shape index (κ3) is 3.70. The Morgan fingerprint density at radius 2 is 2.00 bits per heavy atom. The topological polar surface area (TPSA) is 92.5 Å². The predicted octanol–water partition coefficient (Wildman–Crippen LogP) is 1.17. The number of hydrogen-bond acceptors (Lipinski definition) is 4. The normalized spacial score (nSPS) is 11.9. The standard InChI is InChI=1S/C13H21N3O4S/c1-6-15(7-9(2)3)21(19,20)13-10(4)14-16(11(13)5)8-12(17)18/h2,6-8H2,1,3-5H3,(H,17,18). The van der Waals surface area contributed by atoms with Crippen LogP contribution in [-0.2, 0) is 21.4 Å². The zero-order valence-electron chi connectivity index (χ0n) is 12.8. The highest BCUT2D eigenvalue weighted by molar-refractivity contribution is 7.89. The Hall–Kier alpha value is -1.67. The molecule has 0 spiro atoms. The van der Waals surface area contributed by atoms with Crippen LogP contribution in [0.5, 0.6) is 0 Å². The van der Waals surface area contributed by atoms with E-state index in [0.29, 0.717) is 17.9 Å². The fraction of sp³-hybridized carbons (Fsp3) is 0.538. The van der Waals surface area contributed by atoms with Gasteiger partial charge in [-0.05, 0) is 20.8 Å². The minimum Gasteiger partial charge on any atom is -0.480 e. The molecule has 0 aromatic carbocycles. The van der Waals surface area contributed by atoms with Gasteiger partial charge in [-0.25, -0.2) is 8.42 Å². The Balaban J connectivity index is 3.34. The summed E-state index contributed by atoms with van der Waals surface area (Å²) in [5.74, 6) is -1.07. The summed E-state index contributed by atoms with van der Waals surface area (Å²) in [4.78, 5) is 10.9. The van der Waals surface area contributed by atoms with Crippen LogP contribution in [0.1, 0.15) is 25.2 Å². The number of nitrogens with zero attached hydrogens (tertiary/aromatic N) is 3. The zero-order chi connectivity index (χ0) is 16.4. The first-order chi connectivity index (χ1) is 9.61. The van der Waals surface area contributed by atoms with E-state index in [2.05, 4.69) is 11.7 Å². The van der Waals surface area contributed by atoms with Crippen LogP contribution in [0.4, 0.5) is 0 Å². The number of aryl methyl sites for hydroxylation is 1. The van der Waals surface area contributed by atoms with E-state index in [1.165, 1.54) is 8.99 Å². The second-order valence-corrected chi connectivity index (χ2v) is 6.81. The van der Waals surface area contributed by atoms with Crippen molar-refractivity contribution in [2.45, 2.75) is 39.1 Å². The zero-order valence-corrected chi connectivity index (χ0v) is 13.6. The van der Waals surface area contributed by atoms with Gasteiger partial charge in [0.05, 0.1) is 11.4 Å². The highest BCUT2D eigenvalue weighted by Gasteiger charge is 2.30. The van der Waals surface area contributed by atoms with E-state index >= 15 is 0 Å². The second-order valence-electron chi connectivity index (χ2n) is 4.94. The lowest BCUT2D eigenvalue weighted by molar-refractivity contribution is -0.137. The maximum absolute atomic E-state index is 12.7. The molecule has 1 rings (SSSR count). The van der Waals surface area contributed by atoms with Crippen LogP contribution in [0.2, 0.25) is 0 Å². The molecular formula is C13H21N3O4S. The summed E-state index contributed by atoms with van der Waals surface area (Å²) in [7, 11) is -3.73. The Bertz CT molecular complexity index is 661. The Kier molecular flexibility index (Phi) is 5.30. The quantitative estimate of drug-likeness (QED) is 0.763. The van der Waals surface area contributed by atoms with Crippen LogP contribution in [0.3, 0.4) is 0 Å². The minimum absolute atomic E-state index is 0.0758. The predicted molar refractivity (Wildman–Crippen MR) is 78.6 cm³/mol. The molecular weight excluding hydrogens is 294 g/mol. The SMILES string of the molecule is C=C(C)CN(CC)S(=O)(=O)c1c(C)nn(CC(=O)O)c1C. The summed E-state index contributed by atoms with van der Waals surface area (Å²) in [6.07, 6.45) is 0. The molecule has 7 nitrogen and oxygen atoms in total. The number of carbonyl (C=O) groups is 1. The molecule has 21 heavy (non-hydrogen) atoms. The lowest BCUT2D eigenvalue weighted by Gasteiger charge is -2.20. The number of carboxylic acids is 1. The van der Waals surface area contributed by atoms with E-state index in [-0.39, 0.29) is 18.0 Å². The average molecular weight is 315 g/mol. The number of aliphatic carboxylic acids is 1. The molecule has 1 aromatic rings. The van der Waals surface area contributed by atoms with Gasteiger partial charge in [-0.15, -0.1) is 0 Å². The molecule has 0 radical (unpaired) electrons. The third-order valence-electron chi connectivity index (χ3n) is 3.00. The van der Waals surface area contributed by atoms with E-state index in [1.807, 2.05) is 0 Å². The van der Waals surface area contributed by atoms with Crippen molar-refractivity contribution in [3.8, 4) is 0 Å². The van der Waals surface area contributed by atoms with Gasteiger partial charge in [0.1, 0.15) is 11.4 Å². The molecule has 0 bridgehead atoms. The van der Waals surface area contributed by atoms with Crippen molar-refractivity contribution in [2.75, 3.05) is 13.1 Å². The first-order valence-electron chi connectivity index (χ1n) is 6.51. The first kappa shape index (κ1) is 17.4. The lowest BCUT2D eigenvalue weighted by Crippen LogP contribution is -2.33. The fourth-order valence-corrected chi connectivity index (χ4v) is 4.01.